The fraction of sp³-hybridized carbons (Fsp3) is 0.364. The number of hydrogen-bond acceptors (Lipinski definition) is 3. The Balaban J connectivity index is 1.87. The fourth-order valence-corrected chi connectivity index (χ4v) is 1.82. The van der Waals surface area contributed by atoms with Crippen molar-refractivity contribution in [3.05, 3.63) is 29.6 Å². The van der Waals surface area contributed by atoms with Crippen LogP contribution in [0.25, 0.3) is 0 Å². The van der Waals surface area contributed by atoms with Crippen molar-refractivity contribution in [2.45, 2.75) is 12.6 Å². The number of nitrogens with one attached hydrogen (secondary N) is 1. The molecule has 0 radical (unpaired) electrons. The van der Waals surface area contributed by atoms with Gasteiger partial charge in [-0.1, -0.05) is 6.07 Å². The molecule has 1 aliphatic rings. The molecule has 86 valence electrons. The Morgan fingerprint density at radius 2 is 2.31 bits per heavy atom. The highest BCUT2D eigenvalue weighted by molar-refractivity contribution is 5.47. The molecule has 0 bridgehead atoms. The van der Waals surface area contributed by atoms with Crippen molar-refractivity contribution < 1.29 is 14.3 Å². The molecular weight excluding hydrogens is 211 g/mol. The second-order valence-corrected chi connectivity index (χ2v) is 3.96. The smallest absolute Gasteiger partial charge is 0.207 e. The molecule has 1 heterocycles. The van der Waals surface area contributed by atoms with Gasteiger partial charge in [-0.25, -0.2) is 4.39 Å². The number of halogens is 1. The molecule has 1 amide bonds. The Morgan fingerprint density at radius 1 is 1.56 bits per heavy atom. The summed E-state index contributed by atoms with van der Waals surface area (Å²) in [4.78, 5) is 12.3. The van der Waals surface area contributed by atoms with Gasteiger partial charge >= 0.3 is 0 Å². The molecule has 5 heteroatoms. The van der Waals surface area contributed by atoms with E-state index < -0.39 is 5.82 Å². The molecule has 1 aliphatic heterocycles. The average Bonchev–Trinajstić information content (AvgIpc) is 2.20. The minimum absolute atomic E-state index is 0.214. The topological polar surface area (TPSA) is 52.6 Å². The maximum absolute atomic E-state index is 12.8. The molecule has 1 fully saturated rings. The van der Waals surface area contributed by atoms with E-state index in [-0.39, 0.29) is 11.8 Å². The van der Waals surface area contributed by atoms with Crippen molar-refractivity contribution in [2.75, 3.05) is 13.1 Å². The lowest BCUT2D eigenvalue weighted by atomic mass is 10.1. The van der Waals surface area contributed by atoms with E-state index in [0.29, 0.717) is 13.0 Å². The molecule has 0 aromatic heterocycles. The molecule has 2 rings (SSSR count). The van der Waals surface area contributed by atoms with E-state index >= 15 is 0 Å². The predicted octanol–water partition coefficient (Wildman–Crippen LogP) is 0.461. The van der Waals surface area contributed by atoms with Gasteiger partial charge in [-0.3, -0.25) is 9.69 Å². The van der Waals surface area contributed by atoms with Gasteiger partial charge in [-0.2, -0.15) is 0 Å². The first kappa shape index (κ1) is 10.9. The number of benzene rings is 1. The van der Waals surface area contributed by atoms with Crippen molar-refractivity contribution in [3.8, 4) is 5.75 Å². The summed E-state index contributed by atoms with van der Waals surface area (Å²) in [6.07, 6.45) is 0.700. The first-order valence-electron chi connectivity index (χ1n) is 5.08. The van der Waals surface area contributed by atoms with Gasteiger partial charge in [0.15, 0.2) is 11.6 Å². The van der Waals surface area contributed by atoms with Gasteiger partial charge in [0.25, 0.3) is 0 Å². The number of aromatic hydroxyl groups is 1. The molecule has 0 spiro atoms. The van der Waals surface area contributed by atoms with Crippen molar-refractivity contribution in [3.63, 3.8) is 0 Å². The van der Waals surface area contributed by atoms with Crippen LogP contribution in [0.4, 0.5) is 4.39 Å². The number of carbonyl (C=O) groups is 1. The Hall–Kier alpha value is -1.62. The standard InChI is InChI=1S/C11H13FN2O2/c12-10-2-1-8(3-11(10)16)4-14-5-9(6-14)13-7-15/h1-3,7,9,16H,4-6H2,(H,13,15). The molecular formula is C11H13FN2O2. The summed E-state index contributed by atoms with van der Waals surface area (Å²) in [5.74, 6) is -0.923. The molecule has 0 unspecified atom stereocenters. The summed E-state index contributed by atoms with van der Waals surface area (Å²) in [7, 11) is 0. The second-order valence-electron chi connectivity index (χ2n) is 3.96. The zero-order valence-electron chi connectivity index (χ0n) is 8.69. The second kappa shape index (κ2) is 4.49. The predicted molar refractivity (Wildman–Crippen MR) is 56.3 cm³/mol. The van der Waals surface area contributed by atoms with Crippen LogP contribution in [0.15, 0.2) is 18.2 Å². The molecule has 0 aliphatic carbocycles. The van der Waals surface area contributed by atoms with E-state index in [4.69, 9.17) is 0 Å². The molecule has 2 N–H and O–H groups in total. The highest BCUT2D eigenvalue weighted by Crippen LogP contribution is 2.19. The van der Waals surface area contributed by atoms with Crippen LogP contribution in [0, 0.1) is 5.82 Å². The SMILES string of the molecule is O=CNC1CN(Cc2ccc(F)c(O)c2)C1. The van der Waals surface area contributed by atoms with Crippen LogP contribution in [-0.2, 0) is 11.3 Å². The summed E-state index contributed by atoms with van der Waals surface area (Å²) in [5, 5.41) is 11.9. The lowest BCUT2D eigenvalue weighted by Gasteiger charge is -2.38. The summed E-state index contributed by atoms with van der Waals surface area (Å²) in [5.41, 5.74) is 0.864. The van der Waals surface area contributed by atoms with Gasteiger partial charge in [0.1, 0.15) is 0 Å². The largest absolute Gasteiger partial charge is 0.505 e. The highest BCUT2D eigenvalue weighted by Gasteiger charge is 2.25. The third-order valence-corrected chi connectivity index (χ3v) is 2.68. The minimum Gasteiger partial charge on any atom is -0.505 e. The maximum atomic E-state index is 12.8. The van der Waals surface area contributed by atoms with E-state index in [0.717, 1.165) is 18.7 Å². The first-order valence-corrected chi connectivity index (χ1v) is 5.08. The van der Waals surface area contributed by atoms with Crippen molar-refractivity contribution in [2.24, 2.45) is 0 Å². The summed E-state index contributed by atoms with van der Waals surface area (Å²) in [6.45, 7) is 2.23. The van der Waals surface area contributed by atoms with E-state index in [1.54, 1.807) is 6.07 Å². The molecule has 0 saturated carbocycles. The minimum atomic E-state index is -0.604. The lowest BCUT2D eigenvalue weighted by Crippen LogP contribution is -2.56. The lowest BCUT2D eigenvalue weighted by molar-refractivity contribution is -0.111. The van der Waals surface area contributed by atoms with Crippen LogP contribution in [0.5, 0.6) is 5.75 Å². The number of hydrogen-bond donors (Lipinski definition) is 2. The highest BCUT2D eigenvalue weighted by atomic mass is 19.1. The van der Waals surface area contributed by atoms with E-state index in [1.165, 1.54) is 12.1 Å². The number of nitrogens with zero attached hydrogens (tertiary/aromatic N) is 1. The molecule has 1 aromatic carbocycles. The molecule has 16 heavy (non-hydrogen) atoms. The Bertz CT molecular complexity index is 392. The van der Waals surface area contributed by atoms with Crippen molar-refractivity contribution in [1.82, 2.24) is 10.2 Å². The van der Waals surface area contributed by atoms with Crippen molar-refractivity contribution >= 4 is 6.41 Å². The van der Waals surface area contributed by atoms with E-state index in [1.807, 2.05) is 0 Å². The van der Waals surface area contributed by atoms with Crippen LogP contribution in [0.1, 0.15) is 5.56 Å². The third kappa shape index (κ3) is 2.30. The zero-order chi connectivity index (χ0) is 11.5. The molecule has 1 aromatic rings. The van der Waals surface area contributed by atoms with Crippen LogP contribution >= 0.6 is 0 Å². The quantitative estimate of drug-likeness (QED) is 0.731. The Kier molecular flexibility index (Phi) is 3.05. The number of likely N-dealkylation sites (tertiary alicyclic amines) is 1. The van der Waals surface area contributed by atoms with Gasteiger partial charge in [-0.15, -0.1) is 0 Å². The van der Waals surface area contributed by atoms with Gasteiger partial charge in [0.2, 0.25) is 6.41 Å². The Morgan fingerprint density at radius 3 is 2.94 bits per heavy atom. The van der Waals surface area contributed by atoms with Crippen LogP contribution < -0.4 is 5.32 Å². The molecule has 1 saturated heterocycles. The average molecular weight is 224 g/mol. The number of phenols is 1. The van der Waals surface area contributed by atoms with Crippen LogP contribution in [0.2, 0.25) is 0 Å². The normalized spacial score (nSPS) is 16.8. The van der Waals surface area contributed by atoms with E-state index in [2.05, 4.69) is 10.2 Å². The maximum Gasteiger partial charge on any atom is 0.207 e. The summed E-state index contributed by atoms with van der Waals surface area (Å²) >= 11 is 0. The first-order chi connectivity index (χ1) is 7.69. The van der Waals surface area contributed by atoms with Gasteiger partial charge in [0, 0.05) is 19.6 Å². The zero-order valence-corrected chi connectivity index (χ0v) is 8.69. The van der Waals surface area contributed by atoms with Gasteiger partial charge in [0.05, 0.1) is 6.04 Å². The molecule has 4 nitrogen and oxygen atoms in total. The summed E-state index contributed by atoms with van der Waals surface area (Å²) < 4.78 is 12.8. The fourth-order valence-electron chi connectivity index (χ4n) is 1.82. The summed E-state index contributed by atoms with van der Waals surface area (Å²) in [6, 6.07) is 4.54. The van der Waals surface area contributed by atoms with Crippen molar-refractivity contribution in [1.29, 1.82) is 0 Å². The van der Waals surface area contributed by atoms with Gasteiger partial charge < -0.3 is 10.4 Å². The number of carbonyl (C=O) groups excluding carboxylic acids is 1. The molecule has 0 atom stereocenters. The number of rotatable bonds is 4. The van der Waals surface area contributed by atoms with Crippen LogP contribution in [0.3, 0.4) is 0 Å². The Labute approximate surface area is 92.7 Å². The monoisotopic (exact) mass is 224 g/mol. The number of amides is 1. The third-order valence-electron chi connectivity index (χ3n) is 2.68. The number of phenolic OH excluding ortho intramolecular Hbond substituents is 1. The van der Waals surface area contributed by atoms with Gasteiger partial charge in [-0.05, 0) is 17.7 Å². The van der Waals surface area contributed by atoms with Crippen LogP contribution in [-0.4, -0.2) is 35.5 Å². The van der Waals surface area contributed by atoms with E-state index in [9.17, 15) is 14.3 Å².